The third kappa shape index (κ3) is 7.32. The van der Waals surface area contributed by atoms with Crippen molar-refractivity contribution in [2.75, 3.05) is 25.5 Å². The van der Waals surface area contributed by atoms with E-state index < -0.39 is 11.1 Å². The van der Waals surface area contributed by atoms with Gasteiger partial charge in [0.15, 0.2) is 18.0 Å². The lowest BCUT2D eigenvalue weighted by molar-refractivity contribution is 0.0110. The van der Waals surface area contributed by atoms with Gasteiger partial charge in [0.25, 0.3) is 5.56 Å². The van der Waals surface area contributed by atoms with Gasteiger partial charge in [-0.25, -0.2) is 10.2 Å². The number of nitriles is 1. The van der Waals surface area contributed by atoms with Crippen molar-refractivity contribution in [2.24, 2.45) is 0 Å². The largest absolute Gasteiger partial charge is 0.444 e. The summed E-state index contributed by atoms with van der Waals surface area (Å²) >= 11 is 1.18. The van der Waals surface area contributed by atoms with Gasteiger partial charge >= 0.3 is 6.09 Å². The van der Waals surface area contributed by atoms with Gasteiger partial charge in [-0.1, -0.05) is 0 Å². The van der Waals surface area contributed by atoms with Crippen molar-refractivity contribution in [3.05, 3.63) is 46.9 Å². The summed E-state index contributed by atoms with van der Waals surface area (Å²) in [6.07, 6.45) is 2.37. The number of nitrogens with zero attached hydrogens (tertiary/aromatic N) is 5. The number of pyridine rings is 1. The summed E-state index contributed by atoms with van der Waals surface area (Å²) < 4.78 is 14.9. The topological polar surface area (TPSA) is 141 Å². The van der Waals surface area contributed by atoms with E-state index in [0.717, 1.165) is 5.69 Å². The Balaban J connectivity index is 1.57. The highest BCUT2D eigenvalue weighted by molar-refractivity contribution is 7.92. The van der Waals surface area contributed by atoms with Crippen LogP contribution in [0.4, 0.5) is 16.3 Å². The molecule has 1 saturated heterocycles. The number of likely N-dealkylation sites (tertiary alicyclic amines) is 1. The number of hydrogen-bond donors (Lipinski definition) is 3. The third-order valence-electron chi connectivity index (χ3n) is 6.61. The number of piperidine rings is 1. The highest BCUT2D eigenvalue weighted by Gasteiger charge is 2.41. The first-order chi connectivity index (χ1) is 19.4. The van der Waals surface area contributed by atoms with E-state index in [0.29, 0.717) is 48.4 Å². The van der Waals surface area contributed by atoms with E-state index in [-0.39, 0.29) is 24.1 Å². The summed E-state index contributed by atoms with van der Waals surface area (Å²) in [5.41, 5.74) is 2.98. The summed E-state index contributed by atoms with van der Waals surface area (Å²) in [6.45, 7) is 10.4. The number of aromatic amines is 1. The first-order valence-electron chi connectivity index (χ1n) is 13.6. The lowest BCUT2D eigenvalue weighted by Gasteiger charge is -2.41. The van der Waals surface area contributed by atoms with Gasteiger partial charge < -0.3 is 24.1 Å². The minimum atomic E-state index is -0.690. The van der Waals surface area contributed by atoms with E-state index in [1.807, 2.05) is 65.9 Å². The summed E-state index contributed by atoms with van der Waals surface area (Å²) in [7, 11) is 1.88. The Hall–Kier alpha value is -3.73. The van der Waals surface area contributed by atoms with Crippen LogP contribution in [0.3, 0.4) is 0 Å². The second-order valence-electron chi connectivity index (χ2n) is 11.4. The van der Waals surface area contributed by atoms with Crippen LogP contribution >= 0.6 is 12.2 Å². The number of benzene rings is 1. The fourth-order valence-corrected chi connectivity index (χ4v) is 5.35. The van der Waals surface area contributed by atoms with E-state index in [1.54, 1.807) is 26.3 Å². The first kappa shape index (κ1) is 30.2. The number of ether oxygens (including phenoxy) is 1. The zero-order valence-electron chi connectivity index (χ0n) is 24.4. The molecule has 1 aromatic carbocycles. The molecule has 3 N–H and O–H groups in total. The van der Waals surface area contributed by atoms with Crippen LogP contribution in [0, 0.1) is 11.3 Å². The molecule has 0 atom stereocenters. The van der Waals surface area contributed by atoms with Crippen molar-refractivity contribution < 1.29 is 13.7 Å². The minimum absolute atomic E-state index is 0.183. The number of H-pyrrole nitrogens is 1. The molecule has 0 radical (unpaired) electrons. The van der Waals surface area contributed by atoms with Gasteiger partial charge in [0.05, 0.1) is 23.5 Å². The number of rotatable bonds is 9. The van der Waals surface area contributed by atoms with Crippen molar-refractivity contribution in [1.82, 2.24) is 29.5 Å². The minimum Gasteiger partial charge on any atom is -0.444 e. The molecule has 4 rings (SSSR count). The monoisotopic (exact) mass is 582 g/mol. The number of hydrogen-bond acceptors (Lipinski definition) is 10. The smallest absolute Gasteiger partial charge is 0.410 e. The molecule has 0 bridgehead atoms. The van der Waals surface area contributed by atoms with Gasteiger partial charge in [-0.15, -0.1) is 0 Å². The number of carbonyl (C=O) groups excluding carboxylic acids is 1. The molecule has 3 heterocycles. The average Bonchev–Trinajstić information content (AvgIpc) is 3.27. The Morgan fingerprint density at radius 3 is 2.54 bits per heavy atom. The number of hydrazine groups is 1. The number of anilines is 2. The standard InChI is InChI=1S/C28H38N8O4S/c1-19(2)32-34(6)41-40-21-9-7-20(8-10-21)31-24-23-22(11-16-30-25(23)37)36(33-24)28(12-15-29)13-17-35(18-14-28)26(38)39-27(3,4)5/h7-11,16,19,32H,12-14,17-18H2,1-6H3,(H,30,37)(H,31,33). The molecule has 1 fully saturated rings. The molecule has 0 saturated carbocycles. The Kier molecular flexibility index (Phi) is 9.16. The summed E-state index contributed by atoms with van der Waals surface area (Å²) in [5, 5.41) is 18.3. The Bertz CT molecular complexity index is 1450. The maximum Gasteiger partial charge on any atom is 0.410 e. The maximum atomic E-state index is 13.0. The van der Waals surface area contributed by atoms with E-state index in [9.17, 15) is 14.9 Å². The normalized spacial score (nSPS) is 15.2. The van der Waals surface area contributed by atoms with Gasteiger partial charge in [-0.2, -0.15) is 14.8 Å². The molecule has 0 aliphatic carbocycles. The molecule has 1 amide bonds. The van der Waals surface area contributed by atoms with Crippen LogP contribution in [-0.4, -0.2) is 62.0 Å². The van der Waals surface area contributed by atoms with E-state index >= 15 is 0 Å². The van der Waals surface area contributed by atoms with Crippen LogP contribution in [0.1, 0.15) is 53.9 Å². The van der Waals surface area contributed by atoms with Gasteiger partial charge in [0, 0.05) is 38.1 Å². The van der Waals surface area contributed by atoms with Crippen LogP contribution in [0.25, 0.3) is 10.9 Å². The zero-order chi connectivity index (χ0) is 29.8. The Labute approximate surface area is 244 Å². The van der Waals surface area contributed by atoms with Crippen molar-refractivity contribution in [2.45, 2.75) is 71.1 Å². The van der Waals surface area contributed by atoms with Crippen molar-refractivity contribution in [1.29, 1.82) is 5.26 Å². The highest BCUT2D eigenvalue weighted by Crippen LogP contribution is 2.38. The zero-order valence-corrected chi connectivity index (χ0v) is 25.2. The quantitative estimate of drug-likeness (QED) is 0.181. The third-order valence-corrected chi connectivity index (χ3v) is 7.21. The number of carbonyl (C=O) groups is 1. The molecule has 1 aliphatic heterocycles. The fraction of sp³-hybridized carbons (Fsp3) is 0.500. The molecule has 220 valence electrons. The highest BCUT2D eigenvalue weighted by atomic mass is 32.2. The van der Waals surface area contributed by atoms with E-state index in [4.69, 9.17) is 14.0 Å². The van der Waals surface area contributed by atoms with Gasteiger partial charge in [-0.3, -0.25) is 9.48 Å². The molecule has 0 spiro atoms. The molecular weight excluding hydrogens is 544 g/mol. The Morgan fingerprint density at radius 1 is 1.24 bits per heavy atom. The van der Waals surface area contributed by atoms with Gasteiger partial charge in [0.1, 0.15) is 16.7 Å². The molecule has 1 aliphatic rings. The molecular formula is C28H38N8O4S. The van der Waals surface area contributed by atoms with Crippen LogP contribution in [-0.2, 0) is 10.3 Å². The maximum absolute atomic E-state index is 13.0. The lowest BCUT2D eigenvalue weighted by Crippen LogP contribution is -2.49. The molecule has 41 heavy (non-hydrogen) atoms. The second kappa shape index (κ2) is 12.4. The molecule has 12 nitrogen and oxygen atoms in total. The summed E-state index contributed by atoms with van der Waals surface area (Å²) in [5.74, 6) is 1.05. The number of nitrogens with one attached hydrogen (secondary N) is 3. The lowest BCUT2D eigenvalue weighted by atomic mass is 9.85. The van der Waals surface area contributed by atoms with E-state index in [1.165, 1.54) is 12.2 Å². The van der Waals surface area contributed by atoms with Crippen LogP contribution < -0.4 is 20.5 Å². The predicted octanol–water partition coefficient (Wildman–Crippen LogP) is 4.89. The summed E-state index contributed by atoms with van der Waals surface area (Å²) in [4.78, 5) is 30.1. The molecule has 13 heteroatoms. The number of aromatic nitrogens is 3. The van der Waals surface area contributed by atoms with Gasteiger partial charge in [-0.05, 0) is 77.8 Å². The second-order valence-corrected chi connectivity index (χ2v) is 12.3. The van der Waals surface area contributed by atoms with Crippen LogP contribution in [0.2, 0.25) is 0 Å². The van der Waals surface area contributed by atoms with Crippen LogP contribution in [0.15, 0.2) is 41.3 Å². The molecule has 3 aromatic rings. The van der Waals surface area contributed by atoms with Crippen molar-refractivity contribution in [3.8, 4) is 11.8 Å². The molecule has 2 aromatic heterocycles. The fourth-order valence-electron chi connectivity index (χ4n) is 4.78. The average molecular weight is 583 g/mol. The van der Waals surface area contributed by atoms with Crippen molar-refractivity contribution in [3.63, 3.8) is 0 Å². The number of amides is 1. The predicted molar refractivity (Wildman–Crippen MR) is 160 cm³/mol. The van der Waals surface area contributed by atoms with Crippen LogP contribution in [0.5, 0.6) is 5.75 Å². The molecule has 0 unspecified atom stereocenters. The Morgan fingerprint density at radius 2 is 1.93 bits per heavy atom. The van der Waals surface area contributed by atoms with E-state index in [2.05, 4.69) is 21.8 Å². The number of fused-ring (bicyclic) bond motifs is 1. The van der Waals surface area contributed by atoms with Crippen molar-refractivity contribution >= 4 is 40.7 Å². The SMILES string of the molecule is CC(C)NN(C)SOc1ccc(Nc2nn(C3(CC#N)CCN(C(=O)OC(C)(C)C)CC3)c3cc[nH]c(=O)c23)cc1. The summed E-state index contributed by atoms with van der Waals surface area (Å²) in [6, 6.07) is 11.7. The van der Waals surface area contributed by atoms with Gasteiger partial charge in [0.2, 0.25) is 0 Å². The first-order valence-corrected chi connectivity index (χ1v) is 14.3.